The van der Waals surface area contributed by atoms with Gasteiger partial charge < -0.3 is 14.8 Å². The highest BCUT2D eigenvalue weighted by atomic mass is 35.5. The molecule has 2 aromatic rings. The first kappa shape index (κ1) is 18.1. The molecule has 0 aliphatic heterocycles. The molecule has 0 saturated heterocycles. The zero-order valence-electron chi connectivity index (χ0n) is 12.7. The minimum Gasteiger partial charge on any atom is -0.495 e. The Kier molecular flexibility index (Phi) is 5.66. The maximum Gasteiger partial charge on any atom is 0.262 e. The number of nitrogens with one attached hydrogen (secondary N) is 1. The number of carbonyl (C=O) groups excluding carboxylic acids is 1. The van der Waals surface area contributed by atoms with Gasteiger partial charge in [-0.15, -0.1) is 0 Å². The number of hydrogen-bond acceptors (Lipinski definition) is 5. The number of primary sulfonamides is 1. The molecule has 0 aromatic heterocycles. The van der Waals surface area contributed by atoms with Crippen molar-refractivity contribution in [2.24, 2.45) is 5.14 Å². The number of amides is 1. The average Bonchev–Trinajstić information content (AvgIpc) is 2.52. The van der Waals surface area contributed by atoms with Gasteiger partial charge in [-0.3, -0.25) is 4.79 Å². The molecule has 0 aliphatic carbocycles. The maximum atomic E-state index is 11.9. The Morgan fingerprint density at radius 3 is 2.62 bits per heavy atom. The van der Waals surface area contributed by atoms with E-state index in [1.807, 2.05) is 0 Å². The first-order valence-corrected chi connectivity index (χ1v) is 8.61. The van der Waals surface area contributed by atoms with Gasteiger partial charge >= 0.3 is 0 Å². The van der Waals surface area contributed by atoms with Gasteiger partial charge in [-0.05, 0) is 36.4 Å². The summed E-state index contributed by atoms with van der Waals surface area (Å²) < 4.78 is 33.3. The summed E-state index contributed by atoms with van der Waals surface area (Å²) in [5.74, 6) is 0.0591. The predicted molar refractivity (Wildman–Crippen MR) is 89.9 cm³/mol. The van der Waals surface area contributed by atoms with E-state index < -0.39 is 15.9 Å². The van der Waals surface area contributed by atoms with Crippen molar-refractivity contribution >= 4 is 33.2 Å². The third kappa shape index (κ3) is 4.85. The lowest BCUT2D eigenvalue weighted by Crippen LogP contribution is -2.21. The molecule has 0 fully saturated rings. The minimum atomic E-state index is -3.99. The maximum absolute atomic E-state index is 11.9. The van der Waals surface area contributed by atoms with Crippen molar-refractivity contribution in [3.05, 3.63) is 47.5 Å². The number of sulfonamides is 1. The molecule has 2 rings (SSSR count). The summed E-state index contributed by atoms with van der Waals surface area (Å²) >= 11 is 5.82. The number of carbonyl (C=O) groups is 1. The molecule has 1 amide bonds. The van der Waals surface area contributed by atoms with Gasteiger partial charge in [0.05, 0.1) is 7.11 Å². The van der Waals surface area contributed by atoms with Crippen LogP contribution in [-0.2, 0) is 14.8 Å². The highest BCUT2D eigenvalue weighted by Crippen LogP contribution is 2.26. The van der Waals surface area contributed by atoms with Crippen LogP contribution in [0, 0.1) is 0 Å². The lowest BCUT2D eigenvalue weighted by Gasteiger charge is -2.11. The second kappa shape index (κ2) is 7.52. The van der Waals surface area contributed by atoms with Crippen LogP contribution in [0.25, 0.3) is 0 Å². The number of rotatable bonds is 6. The van der Waals surface area contributed by atoms with Crippen LogP contribution in [0.2, 0.25) is 5.02 Å². The molecule has 2 aromatic carbocycles. The second-order valence-electron chi connectivity index (χ2n) is 4.70. The lowest BCUT2D eigenvalue weighted by molar-refractivity contribution is -0.118. The van der Waals surface area contributed by atoms with Crippen molar-refractivity contribution < 1.29 is 22.7 Å². The molecular weight excluding hydrogens is 356 g/mol. The van der Waals surface area contributed by atoms with Crippen LogP contribution in [-0.4, -0.2) is 28.0 Å². The first-order chi connectivity index (χ1) is 11.3. The lowest BCUT2D eigenvalue weighted by atomic mass is 10.3. The van der Waals surface area contributed by atoms with E-state index in [1.165, 1.54) is 25.3 Å². The van der Waals surface area contributed by atoms with Gasteiger partial charge in [0.2, 0.25) is 10.0 Å². The number of ether oxygens (including phenoxy) is 2. The number of halogens is 1. The van der Waals surface area contributed by atoms with E-state index in [0.29, 0.717) is 10.8 Å². The third-order valence-corrected chi connectivity index (χ3v) is 4.09. The van der Waals surface area contributed by atoms with Crippen molar-refractivity contribution in [2.45, 2.75) is 4.90 Å². The largest absolute Gasteiger partial charge is 0.495 e. The van der Waals surface area contributed by atoms with Crippen molar-refractivity contribution in [3.63, 3.8) is 0 Å². The van der Waals surface area contributed by atoms with Crippen LogP contribution in [0.5, 0.6) is 11.5 Å². The van der Waals surface area contributed by atoms with E-state index in [9.17, 15) is 13.2 Å². The fraction of sp³-hybridized carbons (Fsp3) is 0.133. The molecule has 7 nitrogen and oxygen atoms in total. The molecule has 0 aliphatic rings. The van der Waals surface area contributed by atoms with Crippen molar-refractivity contribution in [2.75, 3.05) is 19.0 Å². The summed E-state index contributed by atoms with van der Waals surface area (Å²) in [7, 11) is -2.67. The molecule has 0 saturated carbocycles. The monoisotopic (exact) mass is 370 g/mol. The summed E-state index contributed by atoms with van der Waals surface area (Å²) in [6, 6.07) is 10.7. The van der Waals surface area contributed by atoms with Crippen LogP contribution in [0.15, 0.2) is 47.4 Å². The standard InChI is InChI=1S/C15H15ClN2O5S/c1-22-13-6-5-11(8-14(13)24(17,20)21)18-15(19)9-23-12-4-2-3-10(16)7-12/h2-8H,9H2,1H3,(H,18,19)(H2,17,20,21). The molecule has 128 valence electrons. The smallest absolute Gasteiger partial charge is 0.262 e. The highest BCUT2D eigenvalue weighted by Gasteiger charge is 2.16. The van der Waals surface area contributed by atoms with Crippen LogP contribution >= 0.6 is 11.6 Å². The topological polar surface area (TPSA) is 108 Å². The molecule has 3 N–H and O–H groups in total. The quantitative estimate of drug-likeness (QED) is 0.808. The van der Waals surface area contributed by atoms with E-state index in [-0.39, 0.29) is 22.9 Å². The van der Waals surface area contributed by atoms with E-state index in [0.717, 1.165) is 0 Å². The summed E-state index contributed by atoms with van der Waals surface area (Å²) in [6.45, 7) is -0.267. The molecular formula is C15H15ClN2O5S. The normalized spacial score (nSPS) is 11.0. The Morgan fingerprint density at radius 1 is 1.25 bits per heavy atom. The summed E-state index contributed by atoms with van der Waals surface area (Å²) in [4.78, 5) is 11.7. The Balaban J connectivity index is 2.06. The molecule has 0 unspecified atom stereocenters. The highest BCUT2D eigenvalue weighted by molar-refractivity contribution is 7.89. The number of benzene rings is 2. The van der Waals surface area contributed by atoms with Crippen LogP contribution in [0.1, 0.15) is 0 Å². The van der Waals surface area contributed by atoms with Gasteiger partial charge in [-0.25, -0.2) is 13.6 Å². The summed E-state index contributed by atoms with van der Waals surface area (Å²) in [5, 5.41) is 8.13. The SMILES string of the molecule is COc1ccc(NC(=O)COc2cccc(Cl)c2)cc1S(N)(=O)=O. The predicted octanol–water partition coefficient (Wildman–Crippen LogP) is 2.01. The Bertz CT molecular complexity index is 855. The van der Waals surface area contributed by atoms with Crippen LogP contribution < -0.4 is 19.9 Å². The Hall–Kier alpha value is -2.29. The third-order valence-electron chi connectivity index (χ3n) is 2.92. The molecule has 0 bridgehead atoms. The van der Waals surface area contributed by atoms with Gasteiger partial charge in [-0.2, -0.15) is 0 Å². The van der Waals surface area contributed by atoms with Gasteiger partial charge in [-0.1, -0.05) is 17.7 Å². The summed E-state index contributed by atoms with van der Waals surface area (Å²) in [5.41, 5.74) is 0.250. The minimum absolute atomic E-state index is 0.0886. The number of nitrogens with two attached hydrogens (primary N) is 1. The van der Waals surface area contributed by atoms with E-state index in [2.05, 4.69) is 5.32 Å². The van der Waals surface area contributed by atoms with Crippen LogP contribution in [0.3, 0.4) is 0 Å². The number of methoxy groups -OCH3 is 1. The van der Waals surface area contributed by atoms with Crippen molar-refractivity contribution in [1.29, 1.82) is 0 Å². The van der Waals surface area contributed by atoms with E-state index >= 15 is 0 Å². The van der Waals surface area contributed by atoms with Gasteiger partial charge in [0.1, 0.15) is 16.4 Å². The van der Waals surface area contributed by atoms with Crippen molar-refractivity contribution in [3.8, 4) is 11.5 Å². The van der Waals surface area contributed by atoms with Gasteiger partial charge in [0, 0.05) is 10.7 Å². The first-order valence-electron chi connectivity index (χ1n) is 6.68. The molecule has 0 heterocycles. The molecule has 9 heteroatoms. The van der Waals surface area contributed by atoms with Crippen molar-refractivity contribution in [1.82, 2.24) is 0 Å². The fourth-order valence-corrected chi connectivity index (χ4v) is 2.78. The second-order valence-corrected chi connectivity index (χ2v) is 6.67. The Morgan fingerprint density at radius 2 is 2.00 bits per heavy atom. The number of hydrogen-bond donors (Lipinski definition) is 2. The summed E-state index contributed by atoms with van der Waals surface area (Å²) in [6.07, 6.45) is 0. The molecule has 0 atom stereocenters. The Labute approximate surface area is 144 Å². The fourth-order valence-electron chi connectivity index (χ4n) is 1.88. The van der Waals surface area contributed by atoms with E-state index in [1.54, 1.807) is 24.3 Å². The average molecular weight is 371 g/mol. The van der Waals surface area contributed by atoms with Crippen LogP contribution in [0.4, 0.5) is 5.69 Å². The zero-order chi connectivity index (χ0) is 17.7. The molecule has 24 heavy (non-hydrogen) atoms. The number of anilines is 1. The van der Waals surface area contributed by atoms with E-state index in [4.69, 9.17) is 26.2 Å². The molecule has 0 radical (unpaired) electrons. The zero-order valence-corrected chi connectivity index (χ0v) is 14.2. The van der Waals surface area contributed by atoms with Gasteiger partial charge in [0.15, 0.2) is 6.61 Å². The van der Waals surface area contributed by atoms with Gasteiger partial charge in [0.25, 0.3) is 5.91 Å². The molecule has 0 spiro atoms.